The first-order valence-electron chi connectivity index (χ1n) is 9.24. The lowest BCUT2D eigenvalue weighted by Crippen LogP contribution is -2.32. The van der Waals surface area contributed by atoms with Crippen LogP contribution in [0.15, 0.2) is 54.1 Å². The van der Waals surface area contributed by atoms with Crippen molar-refractivity contribution in [2.75, 3.05) is 27.2 Å². The molecule has 1 heterocycles. The smallest absolute Gasteiger partial charge is 0.295 e. The first-order chi connectivity index (χ1) is 13.8. The molecule has 1 aliphatic rings. The van der Waals surface area contributed by atoms with Gasteiger partial charge in [0.15, 0.2) is 0 Å². The molecule has 1 atom stereocenters. The normalized spacial score (nSPS) is 18.7. The van der Waals surface area contributed by atoms with Crippen LogP contribution in [0.4, 0.5) is 4.39 Å². The van der Waals surface area contributed by atoms with Gasteiger partial charge in [-0.3, -0.25) is 9.59 Å². The van der Waals surface area contributed by atoms with Crippen molar-refractivity contribution >= 4 is 29.1 Å². The number of benzene rings is 2. The average molecular weight is 417 g/mol. The van der Waals surface area contributed by atoms with Crippen molar-refractivity contribution in [2.45, 2.75) is 12.5 Å². The van der Waals surface area contributed by atoms with Crippen molar-refractivity contribution in [1.82, 2.24) is 9.80 Å². The van der Waals surface area contributed by atoms with Crippen LogP contribution in [0.25, 0.3) is 5.76 Å². The molecule has 1 N–H and O–H groups in total. The molecule has 152 valence electrons. The van der Waals surface area contributed by atoms with Crippen molar-refractivity contribution in [3.05, 3.63) is 76.1 Å². The number of hydrogen-bond acceptors (Lipinski definition) is 4. The summed E-state index contributed by atoms with van der Waals surface area (Å²) in [7, 11) is 3.85. The fraction of sp³-hybridized carbons (Fsp3) is 0.273. The van der Waals surface area contributed by atoms with Crippen LogP contribution in [0.3, 0.4) is 0 Å². The molecule has 0 saturated carbocycles. The van der Waals surface area contributed by atoms with E-state index in [1.165, 1.54) is 29.2 Å². The average Bonchev–Trinajstić information content (AvgIpc) is 2.93. The number of carbonyl (C=O) groups is 2. The van der Waals surface area contributed by atoms with Gasteiger partial charge in [-0.25, -0.2) is 4.39 Å². The Morgan fingerprint density at radius 1 is 1.10 bits per heavy atom. The topological polar surface area (TPSA) is 60.9 Å². The number of hydrogen-bond donors (Lipinski definition) is 1. The third-order valence-electron chi connectivity index (χ3n) is 4.85. The standard InChI is InChI=1S/C22H22ClFN2O3/c1-25(2)12-3-13-26-19(14-6-10-17(24)11-7-14)18(21(28)22(26)29)20(27)15-4-8-16(23)9-5-15/h4-11,19,27H,3,12-13H2,1-2H3/b20-18+. The summed E-state index contributed by atoms with van der Waals surface area (Å²) in [5, 5.41) is 11.4. The van der Waals surface area contributed by atoms with Crippen LogP contribution in [0, 0.1) is 5.82 Å². The number of ketones is 1. The molecule has 2 aromatic carbocycles. The van der Waals surface area contributed by atoms with Gasteiger partial charge in [0.25, 0.3) is 11.7 Å². The number of nitrogens with zero attached hydrogens (tertiary/aromatic N) is 2. The third-order valence-corrected chi connectivity index (χ3v) is 5.10. The molecule has 0 aromatic heterocycles. The van der Waals surface area contributed by atoms with Crippen LogP contribution in [0.1, 0.15) is 23.6 Å². The molecule has 1 amide bonds. The molecular weight excluding hydrogens is 395 g/mol. The van der Waals surface area contributed by atoms with Gasteiger partial charge in [-0.2, -0.15) is 0 Å². The summed E-state index contributed by atoms with van der Waals surface area (Å²) in [6.07, 6.45) is 0.651. The van der Waals surface area contributed by atoms with Crippen molar-refractivity contribution in [2.24, 2.45) is 0 Å². The summed E-state index contributed by atoms with van der Waals surface area (Å²) in [5.74, 6) is -2.12. The molecule has 29 heavy (non-hydrogen) atoms. The molecule has 1 saturated heterocycles. The van der Waals surface area contributed by atoms with E-state index in [2.05, 4.69) is 0 Å². The summed E-state index contributed by atoms with van der Waals surface area (Å²) in [5.41, 5.74) is 0.938. The maximum atomic E-state index is 13.4. The van der Waals surface area contributed by atoms with E-state index >= 15 is 0 Å². The second-order valence-electron chi connectivity index (χ2n) is 7.21. The molecule has 1 unspecified atom stereocenters. The van der Waals surface area contributed by atoms with E-state index in [0.29, 0.717) is 29.1 Å². The molecule has 1 aliphatic heterocycles. The van der Waals surface area contributed by atoms with E-state index in [9.17, 15) is 19.1 Å². The van der Waals surface area contributed by atoms with Crippen LogP contribution in [0.5, 0.6) is 0 Å². The maximum absolute atomic E-state index is 13.4. The van der Waals surface area contributed by atoms with Gasteiger partial charge in [-0.05, 0) is 69.0 Å². The van der Waals surface area contributed by atoms with Crippen LogP contribution in [-0.4, -0.2) is 53.8 Å². The van der Waals surface area contributed by atoms with Crippen LogP contribution >= 0.6 is 11.6 Å². The molecule has 1 fully saturated rings. The first kappa shape index (κ1) is 21.0. The fourth-order valence-corrected chi connectivity index (χ4v) is 3.55. The van der Waals surface area contributed by atoms with Gasteiger partial charge < -0.3 is 14.9 Å². The van der Waals surface area contributed by atoms with E-state index in [-0.39, 0.29) is 11.3 Å². The Labute approximate surface area is 174 Å². The first-order valence-corrected chi connectivity index (χ1v) is 9.62. The Morgan fingerprint density at radius 3 is 2.31 bits per heavy atom. The van der Waals surface area contributed by atoms with E-state index in [1.807, 2.05) is 19.0 Å². The van der Waals surface area contributed by atoms with Gasteiger partial charge in [-0.15, -0.1) is 0 Å². The van der Waals surface area contributed by atoms with Gasteiger partial charge in [0, 0.05) is 17.1 Å². The Balaban J connectivity index is 2.07. The summed E-state index contributed by atoms with van der Waals surface area (Å²) in [4.78, 5) is 29.0. The summed E-state index contributed by atoms with van der Waals surface area (Å²) >= 11 is 5.91. The summed E-state index contributed by atoms with van der Waals surface area (Å²) < 4.78 is 13.4. The van der Waals surface area contributed by atoms with Gasteiger partial charge in [0.2, 0.25) is 0 Å². The number of amides is 1. The number of aliphatic hydroxyl groups excluding tert-OH is 1. The zero-order chi connectivity index (χ0) is 21.1. The Kier molecular flexibility index (Phi) is 6.35. The van der Waals surface area contributed by atoms with Crippen molar-refractivity contribution in [3.63, 3.8) is 0 Å². The molecular formula is C22H22ClFN2O3. The van der Waals surface area contributed by atoms with Gasteiger partial charge in [0.1, 0.15) is 11.6 Å². The molecule has 0 radical (unpaired) electrons. The highest BCUT2D eigenvalue weighted by Gasteiger charge is 2.45. The van der Waals surface area contributed by atoms with Crippen molar-refractivity contribution < 1.29 is 19.1 Å². The second kappa shape index (κ2) is 8.76. The quantitative estimate of drug-likeness (QED) is 0.441. The van der Waals surface area contributed by atoms with Crippen molar-refractivity contribution in [1.29, 1.82) is 0 Å². The lowest BCUT2D eigenvalue weighted by molar-refractivity contribution is -0.139. The number of Topliss-reactive ketones (excluding diaryl/α,β-unsaturated/α-hetero) is 1. The maximum Gasteiger partial charge on any atom is 0.295 e. The minimum absolute atomic E-state index is 0.00576. The van der Waals surface area contributed by atoms with Gasteiger partial charge in [-0.1, -0.05) is 23.7 Å². The fourth-order valence-electron chi connectivity index (χ4n) is 3.42. The van der Waals surface area contributed by atoms with E-state index in [4.69, 9.17) is 11.6 Å². The largest absolute Gasteiger partial charge is 0.507 e. The Morgan fingerprint density at radius 2 is 1.72 bits per heavy atom. The molecule has 0 bridgehead atoms. The zero-order valence-electron chi connectivity index (χ0n) is 16.2. The molecule has 2 aromatic rings. The number of rotatable bonds is 6. The summed E-state index contributed by atoms with van der Waals surface area (Å²) in [6, 6.07) is 11.2. The van der Waals surface area contributed by atoms with Crippen LogP contribution < -0.4 is 0 Å². The second-order valence-corrected chi connectivity index (χ2v) is 7.64. The highest BCUT2D eigenvalue weighted by molar-refractivity contribution is 6.46. The minimum atomic E-state index is -0.784. The van der Waals surface area contributed by atoms with Crippen molar-refractivity contribution in [3.8, 4) is 0 Å². The van der Waals surface area contributed by atoms with E-state index in [1.54, 1.807) is 24.3 Å². The van der Waals surface area contributed by atoms with Gasteiger partial charge in [0.05, 0.1) is 11.6 Å². The Hall–Kier alpha value is -2.70. The molecule has 7 heteroatoms. The monoisotopic (exact) mass is 416 g/mol. The molecule has 0 aliphatic carbocycles. The Bertz CT molecular complexity index is 940. The predicted molar refractivity (Wildman–Crippen MR) is 110 cm³/mol. The highest BCUT2D eigenvalue weighted by Crippen LogP contribution is 2.39. The van der Waals surface area contributed by atoms with E-state index in [0.717, 1.165) is 6.54 Å². The highest BCUT2D eigenvalue weighted by atomic mass is 35.5. The summed E-state index contributed by atoms with van der Waals surface area (Å²) in [6.45, 7) is 1.07. The minimum Gasteiger partial charge on any atom is -0.507 e. The lowest BCUT2D eigenvalue weighted by atomic mass is 9.95. The van der Waals surface area contributed by atoms with Crippen LogP contribution in [0.2, 0.25) is 5.02 Å². The van der Waals surface area contributed by atoms with Crippen LogP contribution in [-0.2, 0) is 9.59 Å². The van der Waals surface area contributed by atoms with E-state index < -0.39 is 23.5 Å². The number of carbonyl (C=O) groups excluding carboxylic acids is 2. The predicted octanol–water partition coefficient (Wildman–Crippen LogP) is 3.85. The molecule has 0 spiro atoms. The molecule has 3 rings (SSSR count). The SMILES string of the molecule is CN(C)CCCN1C(=O)C(=O)/C(=C(/O)c2ccc(Cl)cc2)C1c1ccc(F)cc1. The number of halogens is 2. The van der Waals surface area contributed by atoms with Gasteiger partial charge >= 0.3 is 0 Å². The number of aliphatic hydroxyl groups is 1. The third kappa shape index (κ3) is 4.49. The number of likely N-dealkylation sites (tertiary alicyclic amines) is 1. The lowest BCUT2D eigenvalue weighted by Gasteiger charge is -2.26. The molecule has 5 nitrogen and oxygen atoms in total. The zero-order valence-corrected chi connectivity index (χ0v) is 17.0.